The van der Waals surface area contributed by atoms with Gasteiger partial charge in [0, 0.05) is 0 Å². The molecule has 0 aliphatic heterocycles. The molecule has 1 heterocycles. The number of benzene rings is 1. The average molecular weight is 327 g/mol. The maximum atomic E-state index is 14.6. The van der Waals surface area contributed by atoms with E-state index < -0.39 is 11.6 Å². The Morgan fingerprint density at radius 1 is 1.24 bits per heavy atom. The standard InChI is InChI=1S/C15H13Cl2FN2O/c1-3-8(2)9-4-5-10(16)13(14(9)18)15(21)11-6-7-12(17)20-19-11/h4-8H,3H2,1-2H3/t8-/m1/s1. The van der Waals surface area contributed by atoms with Crippen molar-refractivity contribution in [2.45, 2.75) is 26.2 Å². The van der Waals surface area contributed by atoms with E-state index in [0.717, 1.165) is 6.42 Å². The lowest BCUT2D eigenvalue weighted by Crippen LogP contribution is -2.11. The van der Waals surface area contributed by atoms with Gasteiger partial charge in [-0.1, -0.05) is 43.1 Å². The summed E-state index contributed by atoms with van der Waals surface area (Å²) < 4.78 is 14.6. The summed E-state index contributed by atoms with van der Waals surface area (Å²) in [7, 11) is 0. The second kappa shape index (κ2) is 6.50. The van der Waals surface area contributed by atoms with E-state index in [1.54, 1.807) is 6.07 Å². The molecule has 3 nitrogen and oxygen atoms in total. The largest absolute Gasteiger partial charge is 0.287 e. The highest BCUT2D eigenvalue weighted by Crippen LogP contribution is 2.30. The van der Waals surface area contributed by atoms with Gasteiger partial charge < -0.3 is 0 Å². The molecule has 0 radical (unpaired) electrons. The van der Waals surface area contributed by atoms with Crippen LogP contribution < -0.4 is 0 Å². The van der Waals surface area contributed by atoms with E-state index in [9.17, 15) is 9.18 Å². The van der Waals surface area contributed by atoms with Crippen molar-refractivity contribution in [1.82, 2.24) is 10.2 Å². The van der Waals surface area contributed by atoms with Crippen molar-refractivity contribution in [2.75, 3.05) is 0 Å². The van der Waals surface area contributed by atoms with E-state index >= 15 is 0 Å². The van der Waals surface area contributed by atoms with Crippen molar-refractivity contribution in [3.63, 3.8) is 0 Å². The molecule has 2 aromatic rings. The van der Waals surface area contributed by atoms with Gasteiger partial charge in [-0.2, -0.15) is 0 Å². The van der Waals surface area contributed by atoms with Crippen LogP contribution in [0.5, 0.6) is 0 Å². The maximum Gasteiger partial charge on any atom is 0.217 e. The van der Waals surface area contributed by atoms with Gasteiger partial charge in [0.1, 0.15) is 11.5 Å². The van der Waals surface area contributed by atoms with Crippen LogP contribution in [0, 0.1) is 5.82 Å². The van der Waals surface area contributed by atoms with Crippen LogP contribution in [0.4, 0.5) is 4.39 Å². The quantitative estimate of drug-likeness (QED) is 0.767. The summed E-state index contributed by atoms with van der Waals surface area (Å²) >= 11 is 11.6. The molecule has 21 heavy (non-hydrogen) atoms. The van der Waals surface area contributed by atoms with Crippen molar-refractivity contribution in [3.05, 3.63) is 57.1 Å². The number of halogens is 3. The summed E-state index contributed by atoms with van der Waals surface area (Å²) in [5.74, 6) is -1.21. The lowest BCUT2D eigenvalue weighted by Gasteiger charge is -2.13. The van der Waals surface area contributed by atoms with Crippen molar-refractivity contribution >= 4 is 29.0 Å². The number of hydrogen-bond acceptors (Lipinski definition) is 3. The first-order chi connectivity index (χ1) is 9.95. The molecule has 0 aliphatic carbocycles. The predicted octanol–water partition coefficient (Wildman–Crippen LogP) is 4.67. The highest BCUT2D eigenvalue weighted by Gasteiger charge is 2.23. The van der Waals surface area contributed by atoms with Gasteiger partial charge >= 0.3 is 0 Å². The summed E-state index contributed by atoms with van der Waals surface area (Å²) in [6.07, 6.45) is 0.757. The van der Waals surface area contributed by atoms with Gasteiger partial charge in [0.05, 0.1) is 10.6 Å². The lowest BCUT2D eigenvalue weighted by atomic mass is 9.94. The van der Waals surface area contributed by atoms with E-state index in [1.165, 1.54) is 18.2 Å². The molecule has 0 spiro atoms. The molecular weight excluding hydrogens is 314 g/mol. The average Bonchev–Trinajstić information content (AvgIpc) is 2.47. The van der Waals surface area contributed by atoms with Crippen molar-refractivity contribution in [1.29, 1.82) is 0 Å². The number of nitrogens with zero attached hydrogens (tertiary/aromatic N) is 2. The van der Waals surface area contributed by atoms with E-state index in [2.05, 4.69) is 10.2 Å². The molecular formula is C15H13Cl2FN2O. The summed E-state index contributed by atoms with van der Waals surface area (Å²) in [4.78, 5) is 12.4. The smallest absolute Gasteiger partial charge is 0.217 e. The van der Waals surface area contributed by atoms with Crippen LogP contribution in [0.15, 0.2) is 24.3 Å². The van der Waals surface area contributed by atoms with Crippen LogP contribution in [0.3, 0.4) is 0 Å². The van der Waals surface area contributed by atoms with Gasteiger partial charge in [-0.15, -0.1) is 10.2 Å². The molecule has 110 valence electrons. The topological polar surface area (TPSA) is 42.9 Å². The third-order valence-electron chi connectivity index (χ3n) is 3.36. The van der Waals surface area contributed by atoms with E-state index in [-0.39, 0.29) is 27.4 Å². The molecule has 0 aliphatic rings. The third-order valence-corrected chi connectivity index (χ3v) is 3.87. The Labute approximate surface area is 132 Å². The number of aromatic nitrogens is 2. The SMILES string of the molecule is CC[C@@H](C)c1ccc(Cl)c(C(=O)c2ccc(Cl)nn2)c1F. The Morgan fingerprint density at radius 3 is 2.52 bits per heavy atom. The highest BCUT2D eigenvalue weighted by molar-refractivity contribution is 6.35. The first-order valence-electron chi connectivity index (χ1n) is 6.47. The molecule has 1 aromatic heterocycles. The first kappa shape index (κ1) is 15.9. The summed E-state index contributed by atoms with van der Waals surface area (Å²) in [6.45, 7) is 3.84. The highest BCUT2D eigenvalue weighted by atomic mass is 35.5. The maximum absolute atomic E-state index is 14.6. The summed E-state index contributed by atoms with van der Waals surface area (Å²) in [5.41, 5.74) is 0.291. The monoisotopic (exact) mass is 326 g/mol. The number of rotatable bonds is 4. The molecule has 0 N–H and O–H groups in total. The minimum absolute atomic E-state index is 0.00139. The molecule has 2 rings (SSSR count). The summed E-state index contributed by atoms with van der Waals surface area (Å²) in [5, 5.41) is 7.48. The van der Waals surface area contributed by atoms with E-state index in [4.69, 9.17) is 23.2 Å². The van der Waals surface area contributed by atoms with Crippen LogP contribution in [0.25, 0.3) is 0 Å². The van der Waals surface area contributed by atoms with Gasteiger partial charge in [-0.05, 0) is 36.1 Å². The Kier molecular flexibility index (Phi) is 4.91. The summed E-state index contributed by atoms with van der Waals surface area (Å²) in [6, 6.07) is 5.95. The minimum Gasteiger partial charge on any atom is -0.287 e. The minimum atomic E-state index is -0.605. The molecule has 0 saturated heterocycles. The van der Waals surface area contributed by atoms with Gasteiger partial charge in [-0.3, -0.25) is 4.79 Å². The fourth-order valence-electron chi connectivity index (χ4n) is 1.94. The lowest BCUT2D eigenvalue weighted by molar-refractivity contribution is 0.102. The zero-order chi connectivity index (χ0) is 15.6. The molecule has 0 saturated carbocycles. The molecule has 6 heteroatoms. The Morgan fingerprint density at radius 2 is 1.95 bits per heavy atom. The van der Waals surface area contributed by atoms with Gasteiger partial charge in [0.25, 0.3) is 0 Å². The van der Waals surface area contributed by atoms with Gasteiger partial charge in [0.15, 0.2) is 5.15 Å². The first-order valence-corrected chi connectivity index (χ1v) is 7.23. The fraction of sp³-hybridized carbons (Fsp3) is 0.267. The number of carbonyl (C=O) groups excluding carboxylic acids is 1. The van der Waals surface area contributed by atoms with Crippen LogP contribution >= 0.6 is 23.2 Å². The second-order valence-corrected chi connectivity index (χ2v) is 5.50. The van der Waals surface area contributed by atoms with Crippen molar-refractivity contribution in [2.24, 2.45) is 0 Å². The normalized spacial score (nSPS) is 12.2. The van der Waals surface area contributed by atoms with Crippen LogP contribution in [-0.2, 0) is 0 Å². The predicted molar refractivity (Wildman–Crippen MR) is 80.6 cm³/mol. The zero-order valence-corrected chi connectivity index (χ0v) is 13.0. The zero-order valence-electron chi connectivity index (χ0n) is 11.5. The van der Waals surface area contributed by atoms with Crippen LogP contribution in [0.1, 0.15) is 47.8 Å². The molecule has 1 atom stereocenters. The fourth-order valence-corrected chi connectivity index (χ4v) is 2.27. The number of hydrogen-bond donors (Lipinski definition) is 0. The van der Waals surface area contributed by atoms with E-state index in [0.29, 0.717) is 5.56 Å². The van der Waals surface area contributed by atoms with Gasteiger partial charge in [-0.25, -0.2) is 4.39 Å². The van der Waals surface area contributed by atoms with Crippen LogP contribution in [-0.4, -0.2) is 16.0 Å². The Bertz CT molecular complexity index is 674. The number of ketones is 1. The molecule has 0 amide bonds. The molecule has 1 aromatic carbocycles. The molecule has 0 unspecified atom stereocenters. The second-order valence-electron chi connectivity index (χ2n) is 4.71. The van der Waals surface area contributed by atoms with E-state index in [1.807, 2.05) is 13.8 Å². The Hall–Kier alpha value is -1.52. The molecule has 0 bridgehead atoms. The van der Waals surface area contributed by atoms with Crippen molar-refractivity contribution < 1.29 is 9.18 Å². The molecule has 0 fully saturated rings. The van der Waals surface area contributed by atoms with Crippen LogP contribution in [0.2, 0.25) is 10.2 Å². The third kappa shape index (κ3) is 3.22. The van der Waals surface area contributed by atoms with Gasteiger partial charge in [0.2, 0.25) is 5.78 Å². The number of carbonyl (C=O) groups is 1. The van der Waals surface area contributed by atoms with Crippen molar-refractivity contribution in [3.8, 4) is 0 Å². The Balaban J connectivity index is 2.52.